The molecule has 0 saturated heterocycles. The zero-order chi connectivity index (χ0) is 27.1. The Kier molecular flexibility index (Phi) is 6.58. The monoisotopic (exact) mass is 566 g/mol. The van der Waals surface area contributed by atoms with Crippen LogP contribution in [0.15, 0.2) is 124 Å². The molecule has 0 aromatic heterocycles. The van der Waals surface area contributed by atoms with Gasteiger partial charge in [-0.15, -0.1) is 4.83 Å². The Morgan fingerprint density at radius 3 is 1.39 bits per heavy atom. The van der Waals surface area contributed by atoms with Crippen LogP contribution in [0, 0.1) is 6.92 Å². The van der Waals surface area contributed by atoms with Crippen LogP contribution in [0.5, 0.6) is 0 Å². The molecule has 0 radical (unpaired) electrons. The van der Waals surface area contributed by atoms with Crippen molar-refractivity contribution in [2.75, 3.05) is 0 Å². The van der Waals surface area contributed by atoms with Gasteiger partial charge in [0, 0.05) is 10.8 Å². The molecule has 1 N–H and O–H groups in total. The van der Waals surface area contributed by atoms with Crippen LogP contribution in [0.25, 0.3) is 21.5 Å². The van der Waals surface area contributed by atoms with E-state index in [1.54, 1.807) is 54.6 Å². The predicted molar refractivity (Wildman–Crippen MR) is 146 cm³/mol. The van der Waals surface area contributed by atoms with Gasteiger partial charge in [0.15, 0.2) is 0 Å². The molecule has 0 spiro atoms. The summed E-state index contributed by atoms with van der Waals surface area (Å²) in [5, 5.41) is 1.56. The fourth-order valence-corrected chi connectivity index (χ4v) is 9.97. The van der Waals surface area contributed by atoms with Gasteiger partial charge >= 0.3 is 0 Å². The van der Waals surface area contributed by atoms with Gasteiger partial charge in [0.25, 0.3) is 30.1 Å². The van der Waals surface area contributed by atoms with Crippen molar-refractivity contribution < 1.29 is 25.3 Å². The molecule has 0 heterocycles. The van der Waals surface area contributed by atoms with E-state index in [4.69, 9.17) is 0 Å². The van der Waals surface area contributed by atoms with E-state index in [2.05, 4.69) is 0 Å². The molecular formula is C27H22N2O6S3. The van der Waals surface area contributed by atoms with Gasteiger partial charge in [0.1, 0.15) is 0 Å². The quantitative estimate of drug-likeness (QED) is 0.288. The van der Waals surface area contributed by atoms with Gasteiger partial charge in [-0.2, -0.15) is 0 Å². The fourth-order valence-electron chi connectivity index (χ4n) is 4.25. The fraction of sp³-hybridized carbons (Fsp3) is 0.0370. The lowest BCUT2D eigenvalue weighted by Gasteiger charge is -2.24. The second-order valence-corrected chi connectivity index (χ2v) is 13.9. The highest BCUT2D eigenvalue weighted by atomic mass is 32.3. The van der Waals surface area contributed by atoms with E-state index < -0.39 is 30.1 Å². The lowest BCUT2D eigenvalue weighted by Crippen LogP contribution is -2.49. The number of nitrogens with one attached hydrogen (secondary N) is 1. The minimum atomic E-state index is -5.00. The van der Waals surface area contributed by atoms with E-state index in [9.17, 15) is 25.3 Å². The highest BCUT2D eigenvalue weighted by molar-refractivity contribution is 8.05. The Morgan fingerprint density at radius 1 is 0.500 bits per heavy atom. The standard InChI is InChI=1S/C27H22N2O6S3/c1-20-10-2-7-17-25(20)36(30,31)28-29(37(32,33)26-18-8-13-21-11-3-5-15-23(21)26)38(34,35)27-19-9-14-22-12-4-6-16-24(22)27/h2-19,28H,1H3. The Labute approximate surface area is 221 Å². The molecule has 0 amide bonds. The van der Waals surface area contributed by atoms with Crippen LogP contribution in [-0.4, -0.2) is 29.1 Å². The summed E-state index contributed by atoms with van der Waals surface area (Å²) in [6.07, 6.45) is 0. The normalized spacial score (nSPS) is 12.8. The minimum absolute atomic E-state index is 0.134. The molecule has 0 atom stereocenters. The highest BCUT2D eigenvalue weighted by Gasteiger charge is 2.42. The first-order valence-electron chi connectivity index (χ1n) is 11.4. The lowest BCUT2D eigenvalue weighted by molar-refractivity contribution is 0.469. The van der Waals surface area contributed by atoms with Gasteiger partial charge in [-0.3, -0.25) is 0 Å². The third kappa shape index (κ3) is 4.48. The van der Waals surface area contributed by atoms with Crippen LogP contribution < -0.4 is 4.83 Å². The first-order chi connectivity index (χ1) is 18.0. The summed E-state index contributed by atoms with van der Waals surface area (Å²) in [7, 11) is -14.7. The second kappa shape index (κ2) is 9.61. The number of benzene rings is 5. The van der Waals surface area contributed by atoms with Gasteiger partial charge in [-0.1, -0.05) is 91.0 Å². The first-order valence-corrected chi connectivity index (χ1v) is 15.7. The van der Waals surface area contributed by atoms with Gasteiger partial charge in [-0.25, -0.2) is 25.3 Å². The van der Waals surface area contributed by atoms with Crippen LogP contribution in [0.1, 0.15) is 5.56 Å². The zero-order valence-electron chi connectivity index (χ0n) is 20.0. The Balaban J connectivity index is 1.78. The topological polar surface area (TPSA) is 118 Å². The molecular weight excluding hydrogens is 545 g/mol. The van der Waals surface area contributed by atoms with E-state index in [0.29, 0.717) is 16.3 Å². The SMILES string of the molecule is Cc1ccccc1S(=O)(=O)NN(S(=O)(=O)c1cccc2ccccc12)S(=O)(=O)c1cccc2ccccc12. The largest absolute Gasteiger partial charge is 0.271 e. The number of rotatable bonds is 7. The first kappa shape index (κ1) is 26.0. The lowest BCUT2D eigenvalue weighted by atomic mass is 10.1. The summed E-state index contributed by atoms with van der Waals surface area (Å²) >= 11 is 0. The smallest absolute Gasteiger partial charge is 0.206 e. The minimum Gasteiger partial charge on any atom is -0.206 e. The average molecular weight is 567 g/mol. The molecule has 0 aliphatic heterocycles. The second-order valence-electron chi connectivity index (χ2n) is 8.52. The van der Waals surface area contributed by atoms with Crippen molar-refractivity contribution >= 4 is 51.6 Å². The van der Waals surface area contributed by atoms with Crippen molar-refractivity contribution in [2.45, 2.75) is 21.6 Å². The van der Waals surface area contributed by atoms with Gasteiger partial charge in [0.2, 0.25) is 0 Å². The maximum atomic E-state index is 14.1. The molecule has 0 fully saturated rings. The van der Waals surface area contributed by atoms with E-state index >= 15 is 0 Å². The third-order valence-electron chi connectivity index (χ3n) is 6.07. The number of sulfonamides is 3. The van der Waals surface area contributed by atoms with Crippen LogP contribution in [0.4, 0.5) is 0 Å². The van der Waals surface area contributed by atoms with Crippen molar-refractivity contribution in [1.82, 2.24) is 8.65 Å². The van der Waals surface area contributed by atoms with Crippen molar-refractivity contribution in [3.05, 3.63) is 115 Å². The Morgan fingerprint density at radius 2 is 0.895 bits per heavy atom. The summed E-state index contributed by atoms with van der Waals surface area (Å²) in [5.41, 5.74) is 0.310. The van der Waals surface area contributed by atoms with Gasteiger partial charge in [0.05, 0.1) is 14.7 Å². The molecule has 38 heavy (non-hydrogen) atoms. The number of hydrogen-bond acceptors (Lipinski definition) is 6. The number of aryl methyl sites for hydroxylation is 1. The van der Waals surface area contributed by atoms with Crippen molar-refractivity contribution in [3.63, 3.8) is 0 Å². The molecule has 8 nitrogen and oxygen atoms in total. The number of hydrazine groups is 1. The van der Waals surface area contributed by atoms with E-state index in [1.165, 1.54) is 61.5 Å². The summed E-state index contributed by atoms with van der Waals surface area (Å²) in [5.74, 6) is 0. The maximum Gasteiger partial charge on any atom is 0.271 e. The van der Waals surface area contributed by atoms with E-state index in [1.807, 2.05) is 4.83 Å². The van der Waals surface area contributed by atoms with Crippen molar-refractivity contribution in [2.24, 2.45) is 0 Å². The van der Waals surface area contributed by atoms with Crippen LogP contribution in [0.2, 0.25) is 0 Å². The molecule has 5 aromatic rings. The summed E-state index contributed by atoms with van der Waals surface area (Å²) < 4.78 is 83.3. The van der Waals surface area contributed by atoms with Crippen LogP contribution >= 0.6 is 0 Å². The maximum absolute atomic E-state index is 14.1. The molecule has 194 valence electrons. The summed E-state index contributed by atoms with van der Waals surface area (Å²) in [6.45, 7) is 1.53. The highest BCUT2D eigenvalue weighted by Crippen LogP contribution is 2.32. The zero-order valence-corrected chi connectivity index (χ0v) is 22.5. The van der Waals surface area contributed by atoms with Gasteiger partial charge < -0.3 is 0 Å². The number of hydrogen-bond donors (Lipinski definition) is 1. The number of nitrogens with zero attached hydrogens (tertiary/aromatic N) is 1. The molecule has 0 aliphatic carbocycles. The Hall–Kier alpha value is -3.61. The molecule has 5 rings (SSSR count). The number of fused-ring (bicyclic) bond motifs is 2. The molecule has 0 bridgehead atoms. The van der Waals surface area contributed by atoms with Crippen LogP contribution in [-0.2, 0) is 30.1 Å². The van der Waals surface area contributed by atoms with Crippen molar-refractivity contribution in [1.29, 1.82) is 0 Å². The van der Waals surface area contributed by atoms with E-state index in [-0.39, 0.29) is 29.3 Å². The third-order valence-corrected chi connectivity index (χ3v) is 11.8. The average Bonchev–Trinajstić information content (AvgIpc) is 2.91. The molecule has 5 aromatic carbocycles. The molecule has 11 heteroatoms. The molecule has 0 saturated carbocycles. The summed E-state index contributed by atoms with van der Waals surface area (Å²) in [4.78, 5) is 0.892. The molecule has 0 unspecified atom stereocenters. The van der Waals surface area contributed by atoms with Crippen LogP contribution in [0.3, 0.4) is 0 Å². The Bertz CT molecular complexity index is 1900. The van der Waals surface area contributed by atoms with Crippen molar-refractivity contribution in [3.8, 4) is 0 Å². The predicted octanol–water partition coefficient (Wildman–Crippen LogP) is 4.57. The van der Waals surface area contributed by atoms with Gasteiger partial charge in [-0.05, 0) is 45.3 Å². The summed E-state index contributed by atoms with van der Waals surface area (Å²) in [6, 6.07) is 27.7. The van der Waals surface area contributed by atoms with E-state index in [0.717, 1.165) is 0 Å². The molecule has 0 aliphatic rings.